The molecule has 0 aliphatic rings. The number of ether oxygens (including phenoxy) is 1. The van der Waals surface area contributed by atoms with Crippen LogP contribution in [0.4, 0.5) is 0 Å². The van der Waals surface area contributed by atoms with E-state index in [0.717, 1.165) is 4.47 Å². The molecule has 62 valence electrons. The Morgan fingerprint density at radius 3 is 2.42 bits per heavy atom. The molecule has 0 saturated carbocycles. The summed E-state index contributed by atoms with van der Waals surface area (Å²) >= 11 is 3.21. The highest BCUT2D eigenvalue weighted by atomic mass is 79.9. The van der Waals surface area contributed by atoms with Gasteiger partial charge in [-0.25, -0.2) is 4.79 Å². The van der Waals surface area contributed by atoms with Gasteiger partial charge in [0.05, 0.1) is 5.56 Å². The molecule has 1 aromatic carbocycles. The molecule has 4 heteroatoms. The van der Waals surface area contributed by atoms with Crippen molar-refractivity contribution in [1.82, 2.24) is 0 Å². The Kier molecular flexibility index (Phi) is 2.99. The fraction of sp³-hybridized carbons (Fsp3) is 0. The summed E-state index contributed by atoms with van der Waals surface area (Å²) < 4.78 is 5.00. The van der Waals surface area contributed by atoms with Crippen LogP contribution in [-0.4, -0.2) is 12.4 Å². The van der Waals surface area contributed by atoms with E-state index in [-0.39, 0.29) is 6.47 Å². The summed E-state index contributed by atoms with van der Waals surface area (Å²) in [7, 11) is 0. The van der Waals surface area contributed by atoms with Gasteiger partial charge in [0.25, 0.3) is 0 Å². The van der Waals surface area contributed by atoms with Crippen molar-refractivity contribution in [1.29, 1.82) is 0 Å². The molecule has 0 atom stereocenters. The van der Waals surface area contributed by atoms with E-state index in [4.69, 9.17) is 0 Å². The molecule has 0 bridgehead atoms. The summed E-state index contributed by atoms with van der Waals surface area (Å²) in [6.07, 6.45) is 0. The molecule has 0 aliphatic carbocycles. The van der Waals surface area contributed by atoms with Crippen LogP contribution in [0.2, 0.25) is 0 Å². The summed E-state index contributed by atoms with van der Waals surface area (Å²) in [5.74, 6) is -0.641. The van der Waals surface area contributed by atoms with Crippen LogP contribution in [0.1, 0.15) is 10.4 Å². The maximum Gasteiger partial charge on any atom is 0.345 e. The SMILES string of the molecule is O=COC(=O)c1ccc(Br)cc1. The molecule has 0 amide bonds. The fourth-order valence-electron chi connectivity index (χ4n) is 0.698. The van der Waals surface area contributed by atoms with E-state index in [1.807, 2.05) is 0 Å². The van der Waals surface area contributed by atoms with Crippen LogP contribution in [0.25, 0.3) is 0 Å². The number of carbonyl (C=O) groups excluding carboxylic acids is 2. The smallest absolute Gasteiger partial charge is 0.345 e. The molecule has 0 spiro atoms. The molecule has 0 saturated heterocycles. The first-order chi connectivity index (χ1) is 5.74. The lowest BCUT2D eigenvalue weighted by Crippen LogP contribution is -2.02. The quantitative estimate of drug-likeness (QED) is 0.441. The number of halogens is 1. The summed E-state index contributed by atoms with van der Waals surface area (Å²) in [4.78, 5) is 20.7. The molecule has 0 unspecified atom stereocenters. The van der Waals surface area contributed by atoms with Crippen molar-refractivity contribution in [2.45, 2.75) is 0 Å². The van der Waals surface area contributed by atoms with Crippen molar-refractivity contribution < 1.29 is 14.3 Å². The maximum atomic E-state index is 10.9. The minimum atomic E-state index is -0.641. The van der Waals surface area contributed by atoms with Gasteiger partial charge in [-0.05, 0) is 24.3 Å². The molecule has 0 aliphatic heterocycles. The van der Waals surface area contributed by atoms with Gasteiger partial charge in [0.15, 0.2) is 0 Å². The van der Waals surface area contributed by atoms with E-state index in [1.54, 1.807) is 24.3 Å². The second kappa shape index (κ2) is 4.01. The molecular weight excluding hydrogens is 224 g/mol. The molecule has 3 nitrogen and oxygen atoms in total. The van der Waals surface area contributed by atoms with Gasteiger partial charge in [-0.3, -0.25) is 4.79 Å². The van der Waals surface area contributed by atoms with Crippen LogP contribution >= 0.6 is 15.9 Å². The van der Waals surface area contributed by atoms with Gasteiger partial charge in [-0.15, -0.1) is 0 Å². The first kappa shape index (κ1) is 8.93. The molecule has 0 N–H and O–H groups in total. The minimum absolute atomic E-state index is 0.115. The van der Waals surface area contributed by atoms with Gasteiger partial charge in [0.1, 0.15) is 0 Å². The average molecular weight is 229 g/mol. The number of hydrogen-bond donors (Lipinski definition) is 0. The molecule has 12 heavy (non-hydrogen) atoms. The Labute approximate surface area is 77.5 Å². The molecule has 0 heterocycles. The molecule has 1 rings (SSSR count). The summed E-state index contributed by atoms with van der Waals surface area (Å²) in [5, 5.41) is 0. The highest BCUT2D eigenvalue weighted by Crippen LogP contribution is 2.10. The fourth-order valence-corrected chi connectivity index (χ4v) is 0.962. The topological polar surface area (TPSA) is 43.4 Å². The summed E-state index contributed by atoms with van der Waals surface area (Å²) in [5.41, 5.74) is 0.352. The zero-order valence-corrected chi connectivity index (χ0v) is 7.58. The lowest BCUT2D eigenvalue weighted by Gasteiger charge is -1.96. The van der Waals surface area contributed by atoms with E-state index in [9.17, 15) is 9.59 Å². The Morgan fingerprint density at radius 1 is 1.33 bits per heavy atom. The predicted octanol–water partition coefficient (Wildman–Crippen LogP) is 1.76. The van der Waals surface area contributed by atoms with Gasteiger partial charge in [0.2, 0.25) is 0 Å². The van der Waals surface area contributed by atoms with E-state index in [0.29, 0.717) is 5.56 Å². The van der Waals surface area contributed by atoms with Crippen LogP contribution < -0.4 is 0 Å². The van der Waals surface area contributed by atoms with Gasteiger partial charge in [0, 0.05) is 4.47 Å². The second-order valence-corrected chi connectivity index (χ2v) is 2.92. The number of benzene rings is 1. The lowest BCUT2D eigenvalue weighted by atomic mass is 10.2. The first-order valence-electron chi connectivity index (χ1n) is 3.14. The van der Waals surface area contributed by atoms with Gasteiger partial charge in [-0.2, -0.15) is 0 Å². The standard InChI is InChI=1S/C8H5BrO3/c9-7-3-1-6(2-4-7)8(11)12-5-10/h1-5H. The average Bonchev–Trinajstić information content (AvgIpc) is 2.06. The third-order valence-corrected chi connectivity index (χ3v) is 1.76. The van der Waals surface area contributed by atoms with Crippen molar-refractivity contribution in [2.75, 3.05) is 0 Å². The second-order valence-electron chi connectivity index (χ2n) is 2.01. The monoisotopic (exact) mass is 228 g/mol. The van der Waals surface area contributed by atoms with Crippen LogP contribution in [0.3, 0.4) is 0 Å². The highest BCUT2D eigenvalue weighted by molar-refractivity contribution is 9.10. The maximum absolute atomic E-state index is 10.9. The number of carbonyl (C=O) groups is 2. The number of esters is 1. The third-order valence-electron chi connectivity index (χ3n) is 1.24. The highest BCUT2D eigenvalue weighted by Gasteiger charge is 2.04. The summed E-state index contributed by atoms with van der Waals surface area (Å²) in [6, 6.07) is 6.52. The van der Waals surface area contributed by atoms with Crippen LogP contribution in [0.5, 0.6) is 0 Å². The van der Waals surface area contributed by atoms with Gasteiger partial charge in [-0.1, -0.05) is 15.9 Å². The summed E-state index contributed by atoms with van der Waals surface area (Å²) in [6.45, 7) is 0.115. The van der Waals surface area contributed by atoms with E-state index >= 15 is 0 Å². The minimum Gasteiger partial charge on any atom is -0.392 e. The molecular formula is C8H5BrO3. The van der Waals surface area contributed by atoms with E-state index in [2.05, 4.69) is 20.7 Å². The Morgan fingerprint density at radius 2 is 1.92 bits per heavy atom. The third kappa shape index (κ3) is 2.17. The van der Waals surface area contributed by atoms with Crippen molar-refractivity contribution in [3.63, 3.8) is 0 Å². The van der Waals surface area contributed by atoms with E-state index in [1.165, 1.54) is 0 Å². The zero-order chi connectivity index (χ0) is 8.97. The van der Waals surface area contributed by atoms with Crippen LogP contribution in [-0.2, 0) is 9.53 Å². The van der Waals surface area contributed by atoms with Crippen molar-refractivity contribution >= 4 is 28.4 Å². The molecule has 0 fully saturated rings. The molecule has 0 radical (unpaired) electrons. The van der Waals surface area contributed by atoms with Crippen molar-refractivity contribution in [3.05, 3.63) is 34.3 Å². The Bertz CT molecular complexity index is 292. The largest absolute Gasteiger partial charge is 0.392 e. The molecule has 1 aromatic rings. The first-order valence-corrected chi connectivity index (χ1v) is 3.93. The van der Waals surface area contributed by atoms with Gasteiger partial charge < -0.3 is 4.74 Å². The van der Waals surface area contributed by atoms with Crippen molar-refractivity contribution in [2.24, 2.45) is 0 Å². The van der Waals surface area contributed by atoms with Crippen LogP contribution in [0.15, 0.2) is 28.7 Å². The molecule has 0 aromatic heterocycles. The van der Waals surface area contributed by atoms with Crippen molar-refractivity contribution in [3.8, 4) is 0 Å². The normalized spacial score (nSPS) is 9.08. The van der Waals surface area contributed by atoms with Gasteiger partial charge >= 0.3 is 12.4 Å². The zero-order valence-electron chi connectivity index (χ0n) is 5.99. The van der Waals surface area contributed by atoms with E-state index < -0.39 is 5.97 Å². The number of rotatable bonds is 2. The lowest BCUT2D eigenvalue weighted by molar-refractivity contribution is -0.123. The predicted molar refractivity (Wildman–Crippen MR) is 45.6 cm³/mol. The number of hydrogen-bond acceptors (Lipinski definition) is 3. The Hall–Kier alpha value is -1.16. The Balaban J connectivity index is 2.82. The van der Waals surface area contributed by atoms with Crippen LogP contribution in [0, 0.1) is 0 Å².